The first kappa shape index (κ1) is 14.0. The summed E-state index contributed by atoms with van der Waals surface area (Å²) in [7, 11) is 0. The van der Waals surface area contributed by atoms with Crippen LogP contribution in [0.5, 0.6) is 0 Å². The standard InChI is InChI=1S/C13H12N2O4S/c16-11(17)5-4-10-7-20-13(15-10)14-9-3-1-2-8(6-9)12(18)19/h1-3,6-7H,4-5H2,(H,14,15)(H,16,17)(H,18,19). The van der Waals surface area contributed by atoms with Gasteiger partial charge in [0.15, 0.2) is 5.13 Å². The van der Waals surface area contributed by atoms with Crippen molar-refractivity contribution in [1.29, 1.82) is 0 Å². The molecule has 0 bridgehead atoms. The van der Waals surface area contributed by atoms with Crippen molar-refractivity contribution in [3.8, 4) is 0 Å². The Hall–Kier alpha value is -2.41. The largest absolute Gasteiger partial charge is 0.481 e. The summed E-state index contributed by atoms with van der Waals surface area (Å²) in [5, 5.41) is 22.9. The van der Waals surface area contributed by atoms with E-state index in [1.165, 1.54) is 23.5 Å². The van der Waals surface area contributed by atoms with Gasteiger partial charge in [0, 0.05) is 17.5 Å². The number of carbonyl (C=O) groups is 2. The summed E-state index contributed by atoms with van der Waals surface area (Å²) in [6.45, 7) is 0. The number of carboxylic acids is 2. The third-order valence-corrected chi connectivity index (χ3v) is 3.31. The lowest BCUT2D eigenvalue weighted by atomic mass is 10.2. The van der Waals surface area contributed by atoms with Gasteiger partial charge in [-0.15, -0.1) is 11.3 Å². The predicted octanol–water partition coefficient (Wildman–Crippen LogP) is 2.60. The molecule has 7 heteroatoms. The van der Waals surface area contributed by atoms with E-state index in [0.717, 1.165) is 0 Å². The van der Waals surface area contributed by atoms with Crippen LogP contribution in [-0.4, -0.2) is 27.1 Å². The van der Waals surface area contributed by atoms with Gasteiger partial charge >= 0.3 is 11.9 Å². The first-order chi connectivity index (χ1) is 9.54. The zero-order valence-corrected chi connectivity index (χ0v) is 11.2. The molecule has 1 heterocycles. The number of anilines is 2. The highest BCUT2D eigenvalue weighted by molar-refractivity contribution is 7.13. The normalized spacial score (nSPS) is 10.2. The highest BCUT2D eigenvalue weighted by atomic mass is 32.1. The molecule has 0 amide bonds. The van der Waals surface area contributed by atoms with Crippen LogP contribution in [0.4, 0.5) is 10.8 Å². The smallest absolute Gasteiger partial charge is 0.335 e. The van der Waals surface area contributed by atoms with E-state index < -0.39 is 11.9 Å². The van der Waals surface area contributed by atoms with Crippen molar-refractivity contribution >= 4 is 34.1 Å². The Morgan fingerprint density at radius 1 is 1.30 bits per heavy atom. The lowest BCUT2D eigenvalue weighted by molar-refractivity contribution is -0.136. The van der Waals surface area contributed by atoms with Crippen molar-refractivity contribution in [3.05, 3.63) is 40.9 Å². The quantitative estimate of drug-likeness (QED) is 0.756. The predicted molar refractivity (Wildman–Crippen MR) is 74.8 cm³/mol. The highest BCUT2D eigenvalue weighted by Gasteiger charge is 2.07. The molecule has 20 heavy (non-hydrogen) atoms. The van der Waals surface area contributed by atoms with Crippen LogP contribution < -0.4 is 5.32 Å². The average Bonchev–Trinajstić information content (AvgIpc) is 2.84. The third-order valence-electron chi connectivity index (χ3n) is 2.51. The summed E-state index contributed by atoms with van der Waals surface area (Å²) < 4.78 is 0. The van der Waals surface area contributed by atoms with Crippen LogP contribution in [0.2, 0.25) is 0 Å². The van der Waals surface area contributed by atoms with Gasteiger partial charge in [0.2, 0.25) is 0 Å². The van der Waals surface area contributed by atoms with Gasteiger partial charge in [0.1, 0.15) is 0 Å². The molecule has 0 radical (unpaired) electrons. The minimum atomic E-state index is -0.991. The molecular weight excluding hydrogens is 280 g/mol. The molecule has 2 rings (SSSR count). The number of nitrogens with zero attached hydrogens (tertiary/aromatic N) is 1. The van der Waals surface area contributed by atoms with E-state index in [1.54, 1.807) is 17.5 Å². The van der Waals surface area contributed by atoms with Crippen LogP contribution in [-0.2, 0) is 11.2 Å². The highest BCUT2D eigenvalue weighted by Crippen LogP contribution is 2.22. The molecule has 0 fully saturated rings. The molecule has 3 N–H and O–H groups in total. The molecule has 104 valence electrons. The molecule has 0 aliphatic heterocycles. The van der Waals surface area contributed by atoms with E-state index in [2.05, 4.69) is 10.3 Å². The molecule has 0 unspecified atom stereocenters. The fourth-order valence-electron chi connectivity index (χ4n) is 1.57. The van der Waals surface area contributed by atoms with Crippen molar-refractivity contribution in [2.75, 3.05) is 5.32 Å². The molecule has 0 spiro atoms. The van der Waals surface area contributed by atoms with Crippen molar-refractivity contribution < 1.29 is 19.8 Å². The van der Waals surface area contributed by atoms with E-state index in [4.69, 9.17) is 10.2 Å². The van der Waals surface area contributed by atoms with Crippen LogP contribution in [0.25, 0.3) is 0 Å². The zero-order chi connectivity index (χ0) is 14.5. The van der Waals surface area contributed by atoms with Gasteiger partial charge in [-0.3, -0.25) is 4.79 Å². The van der Waals surface area contributed by atoms with E-state index in [9.17, 15) is 9.59 Å². The number of aromatic nitrogens is 1. The minimum absolute atomic E-state index is 0.0394. The summed E-state index contributed by atoms with van der Waals surface area (Å²) >= 11 is 1.35. The number of aliphatic carboxylic acids is 1. The second kappa shape index (κ2) is 6.16. The SMILES string of the molecule is O=C(O)CCc1csc(Nc2cccc(C(=O)O)c2)n1. The maximum Gasteiger partial charge on any atom is 0.335 e. The van der Waals surface area contributed by atoms with E-state index in [-0.39, 0.29) is 12.0 Å². The first-order valence-corrected chi connectivity index (χ1v) is 6.69. The number of carboxylic acid groups (broad SMARTS) is 2. The summed E-state index contributed by atoms with van der Waals surface area (Å²) in [6, 6.07) is 6.41. The lowest BCUT2D eigenvalue weighted by Crippen LogP contribution is -1.99. The van der Waals surface area contributed by atoms with Crippen LogP contribution >= 0.6 is 11.3 Å². The number of hydrogen-bond donors (Lipinski definition) is 3. The van der Waals surface area contributed by atoms with Gasteiger partial charge in [-0.1, -0.05) is 6.07 Å². The first-order valence-electron chi connectivity index (χ1n) is 5.81. The molecular formula is C13H12N2O4S. The molecule has 1 aromatic heterocycles. The van der Waals surface area contributed by atoms with Gasteiger partial charge in [-0.05, 0) is 18.2 Å². The molecule has 2 aromatic rings. The monoisotopic (exact) mass is 292 g/mol. The number of benzene rings is 1. The number of hydrogen-bond acceptors (Lipinski definition) is 5. The second-order valence-electron chi connectivity index (χ2n) is 4.05. The second-order valence-corrected chi connectivity index (χ2v) is 4.91. The van der Waals surface area contributed by atoms with Gasteiger partial charge in [0.05, 0.1) is 17.7 Å². The molecule has 0 atom stereocenters. The van der Waals surface area contributed by atoms with Crippen LogP contribution in [0.1, 0.15) is 22.5 Å². The van der Waals surface area contributed by atoms with Crippen LogP contribution in [0, 0.1) is 0 Å². The number of thiazole rings is 1. The van der Waals surface area contributed by atoms with Gasteiger partial charge in [-0.25, -0.2) is 9.78 Å². The molecule has 0 aliphatic rings. The average molecular weight is 292 g/mol. The Morgan fingerprint density at radius 3 is 2.80 bits per heavy atom. The van der Waals surface area contributed by atoms with Gasteiger partial charge < -0.3 is 15.5 Å². The van der Waals surface area contributed by atoms with Gasteiger partial charge in [0.25, 0.3) is 0 Å². The fraction of sp³-hybridized carbons (Fsp3) is 0.154. The summed E-state index contributed by atoms with van der Waals surface area (Å²) in [6.07, 6.45) is 0.417. The number of rotatable bonds is 6. The van der Waals surface area contributed by atoms with E-state index in [0.29, 0.717) is 22.9 Å². The third kappa shape index (κ3) is 3.79. The maximum atomic E-state index is 10.9. The van der Waals surface area contributed by atoms with Crippen molar-refractivity contribution in [2.45, 2.75) is 12.8 Å². The summed E-state index contributed by atoms with van der Waals surface area (Å²) in [5.74, 6) is -1.85. The Morgan fingerprint density at radius 2 is 2.10 bits per heavy atom. The van der Waals surface area contributed by atoms with Crippen LogP contribution in [0.3, 0.4) is 0 Å². The maximum absolute atomic E-state index is 10.9. The van der Waals surface area contributed by atoms with E-state index in [1.807, 2.05) is 0 Å². The van der Waals surface area contributed by atoms with Crippen molar-refractivity contribution in [1.82, 2.24) is 4.98 Å². The Labute approximate surface area is 118 Å². The van der Waals surface area contributed by atoms with Crippen LogP contribution in [0.15, 0.2) is 29.6 Å². The minimum Gasteiger partial charge on any atom is -0.481 e. The Bertz CT molecular complexity index is 639. The Balaban J connectivity index is 2.04. The lowest BCUT2D eigenvalue weighted by Gasteiger charge is -2.03. The van der Waals surface area contributed by atoms with E-state index >= 15 is 0 Å². The zero-order valence-electron chi connectivity index (χ0n) is 10.4. The molecule has 0 saturated carbocycles. The molecule has 1 aromatic carbocycles. The number of aryl methyl sites for hydroxylation is 1. The molecule has 0 saturated heterocycles. The van der Waals surface area contributed by atoms with Gasteiger partial charge in [-0.2, -0.15) is 0 Å². The number of aromatic carboxylic acids is 1. The summed E-state index contributed by atoms with van der Waals surface area (Å²) in [5.41, 5.74) is 1.52. The summed E-state index contributed by atoms with van der Waals surface area (Å²) in [4.78, 5) is 25.6. The van der Waals surface area contributed by atoms with Crippen molar-refractivity contribution in [3.63, 3.8) is 0 Å². The topological polar surface area (TPSA) is 99.5 Å². The fourth-order valence-corrected chi connectivity index (χ4v) is 2.33. The molecule has 0 aliphatic carbocycles. The molecule has 6 nitrogen and oxygen atoms in total. The Kier molecular flexibility index (Phi) is 4.31. The number of nitrogens with one attached hydrogen (secondary N) is 1. The van der Waals surface area contributed by atoms with Crippen molar-refractivity contribution in [2.24, 2.45) is 0 Å².